The van der Waals surface area contributed by atoms with E-state index < -0.39 is 17.6 Å². The molecule has 2 aliphatic heterocycles. The number of benzene rings is 2. The number of halogens is 4. The number of alkyl halides is 3. The van der Waals surface area contributed by atoms with Crippen LogP contribution in [0.15, 0.2) is 42.5 Å². The summed E-state index contributed by atoms with van der Waals surface area (Å²) in [4.78, 5) is 19.6. The molecule has 0 bridgehead atoms. The van der Waals surface area contributed by atoms with E-state index in [2.05, 4.69) is 9.80 Å². The first-order valence-corrected chi connectivity index (χ1v) is 11.0. The van der Waals surface area contributed by atoms with Crippen molar-refractivity contribution in [3.8, 4) is 11.1 Å². The van der Waals surface area contributed by atoms with Crippen LogP contribution in [0, 0.1) is 5.82 Å². The molecule has 0 radical (unpaired) electrons. The highest BCUT2D eigenvalue weighted by Gasteiger charge is 2.31. The third-order valence-corrected chi connectivity index (χ3v) is 6.30. The summed E-state index contributed by atoms with van der Waals surface area (Å²) in [6.45, 7) is 6.76. The van der Waals surface area contributed by atoms with Gasteiger partial charge in [-0.3, -0.25) is 9.69 Å². The maximum absolute atomic E-state index is 14.0. The fraction of sp³-hybridized carbons (Fsp3) is 0.458. The molecular formula is C24H27F4N3O. The summed E-state index contributed by atoms with van der Waals surface area (Å²) in [5.74, 6) is -0.940. The van der Waals surface area contributed by atoms with Gasteiger partial charge in [-0.25, -0.2) is 4.39 Å². The largest absolute Gasteiger partial charge is 0.416 e. The minimum atomic E-state index is -4.49. The number of hydrogen-bond acceptors (Lipinski definition) is 3. The van der Waals surface area contributed by atoms with E-state index in [0.717, 1.165) is 57.5 Å². The molecule has 0 spiro atoms. The minimum Gasteiger partial charge on any atom is -0.336 e. The second-order valence-corrected chi connectivity index (χ2v) is 8.45. The summed E-state index contributed by atoms with van der Waals surface area (Å²) < 4.78 is 53.5. The van der Waals surface area contributed by atoms with Crippen molar-refractivity contribution in [2.24, 2.45) is 0 Å². The maximum Gasteiger partial charge on any atom is 0.416 e. The predicted octanol–water partition coefficient (Wildman–Crippen LogP) is 4.37. The summed E-state index contributed by atoms with van der Waals surface area (Å²) in [6, 6.07) is 8.46. The molecule has 1 amide bonds. The fourth-order valence-electron chi connectivity index (χ4n) is 4.44. The van der Waals surface area contributed by atoms with E-state index in [-0.39, 0.29) is 17.0 Å². The Morgan fingerprint density at radius 3 is 2.16 bits per heavy atom. The van der Waals surface area contributed by atoms with Crippen molar-refractivity contribution in [1.29, 1.82) is 0 Å². The number of carbonyl (C=O) groups is 1. The Morgan fingerprint density at radius 2 is 1.50 bits per heavy atom. The van der Waals surface area contributed by atoms with Crippen molar-refractivity contribution in [2.75, 3.05) is 52.4 Å². The number of carbonyl (C=O) groups excluding carboxylic acids is 1. The summed E-state index contributed by atoms with van der Waals surface area (Å²) in [7, 11) is 0. The lowest BCUT2D eigenvalue weighted by Crippen LogP contribution is -2.50. The molecule has 0 aliphatic carbocycles. The Bertz CT molecular complexity index is 949. The van der Waals surface area contributed by atoms with Crippen LogP contribution in [0.2, 0.25) is 0 Å². The van der Waals surface area contributed by atoms with E-state index in [1.165, 1.54) is 37.1 Å². The summed E-state index contributed by atoms with van der Waals surface area (Å²) in [6.07, 6.45) is -1.99. The zero-order valence-electron chi connectivity index (χ0n) is 17.9. The van der Waals surface area contributed by atoms with Gasteiger partial charge in [0.15, 0.2) is 0 Å². The second kappa shape index (κ2) is 9.58. The minimum absolute atomic E-state index is 0.0924. The first-order chi connectivity index (χ1) is 15.3. The van der Waals surface area contributed by atoms with Crippen molar-refractivity contribution in [1.82, 2.24) is 14.7 Å². The lowest BCUT2D eigenvalue weighted by atomic mass is 9.96. The highest BCUT2D eigenvalue weighted by molar-refractivity contribution is 6.01. The van der Waals surface area contributed by atoms with Gasteiger partial charge in [-0.2, -0.15) is 13.2 Å². The third-order valence-electron chi connectivity index (χ3n) is 6.30. The zero-order valence-corrected chi connectivity index (χ0v) is 17.9. The van der Waals surface area contributed by atoms with E-state index in [0.29, 0.717) is 18.7 Å². The van der Waals surface area contributed by atoms with Gasteiger partial charge in [0, 0.05) is 39.3 Å². The molecule has 2 fully saturated rings. The van der Waals surface area contributed by atoms with Gasteiger partial charge in [0.1, 0.15) is 5.82 Å². The van der Waals surface area contributed by atoms with Gasteiger partial charge < -0.3 is 9.80 Å². The van der Waals surface area contributed by atoms with Gasteiger partial charge in [-0.1, -0.05) is 18.2 Å². The molecular weight excluding hydrogens is 422 g/mol. The van der Waals surface area contributed by atoms with Crippen molar-refractivity contribution in [2.45, 2.75) is 19.0 Å². The van der Waals surface area contributed by atoms with Crippen LogP contribution in [0.25, 0.3) is 11.1 Å². The average Bonchev–Trinajstić information content (AvgIpc) is 3.31. The third kappa shape index (κ3) is 5.30. The van der Waals surface area contributed by atoms with Gasteiger partial charge in [0.2, 0.25) is 0 Å². The van der Waals surface area contributed by atoms with Crippen LogP contribution in [0.3, 0.4) is 0 Å². The smallest absolute Gasteiger partial charge is 0.336 e. The molecule has 2 aliphatic rings. The van der Waals surface area contributed by atoms with Gasteiger partial charge in [0.05, 0.1) is 11.1 Å². The number of rotatable bonds is 5. The average molecular weight is 449 g/mol. The van der Waals surface area contributed by atoms with E-state index in [1.54, 1.807) is 4.90 Å². The molecule has 2 heterocycles. The SMILES string of the molecule is O=C(c1cc(F)ccc1-c1cccc(C(F)(F)F)c1)N1CCN(CCN2CCCC2)CC1. The van der Waals surface area contributed by atoms with Crippen molar-refractivity contribution in [3.63, 3.8) is 0 Å². The topological polar surface area (TPSA) is 26.8 Å². The van der Waals surface area contributed by atoms with E-state index in [4.69, 9.17) is 0 Å². The van der Waals surface area contributed by atoms with Crippen molar-refractivity contribution in [3.05, 3.63) is 59.4 Å². The molecule has 4 rings (SSSR count). The molecule has 2 aromatic rings. The predicted molar refractivity (Wildman–Crippen MR) is 115 cm³/mol. The van der Waals surface area contributed by atoms with Crippen molar-refractivity contribution < 1.29 is 22.4 Å². The van der Waals surface area contributed by atoms with E-state index in [1.807, 2.05) is 0 Å². The molecule has 4 nitrogen and oxygen atoms in total. The highest BCUT2D eigenvalue weighted by Crippen LogP contribution is 2.33. The number of hydrogen-bond donors (Lipinski definition) is 0. The summed E-state index contributed by atoms with van der Waals surface area (Å²) in [5, 5.41) is 0. The van der Waals surface area contributed by atoms with Gasteiger partial charge >= 0.3 is 6.18 Å². The lowest BCUT2D eigenvalue weighted by molar-refractivity contribution is -0.137. The van der Waals surface area contributed by atoms with Crippen LogP contribution in [0.1, 0.15) is 28.8 Å². The molecule has 172 valence electrons. The number of amides is 1. The van der Waals surface area contributed by atoms with Crippen LogP contribution in [-0.4, -0.2) is 73.0 Å². The van der Waals surface area contributed by atoms with E-state index in [9.17, 15) is 22.4 Å². The van der Waals surface area contributed by atoms with Crippen LogP contribution in [-0.2, 0) is 6.18 Å². The molecule has 0 atom stereocenters. The Labute approximate surface area is 185 Å². The van der Waals surface area contributed by atoms with Crippen LogP contribution < -0.4 is 0 Å². The number of piperazine rings is 1. The van der Waals surface area contributed by atoms with Gasteiger partial charge in [-0.05, 0) is 61.3 Å². The van der Waals surface area contributed by atoms with Crippen LogP contribution in [0.4, 0.5) is 17.6 Å². The molecule has 0 aromatic heterocycles. The van der Waals surface area contributed by atoms with E-state index >= 15 is 0 Å². The summed E-state index contributed by atoms with van der Waals surface area (Å²) >= 11 is 0. The molecule has 32 heavy (non-hydrogen) atoms. The molecule has 2 saturated heterocycles. The van der Waals surface area contributed by atoms with Gasteiger partial charge in [-0.15, -0.1) is 0 Å². The Morgan fingerprint density at radius 1 is 0.844 bits per heavy atom. The molecule has 2 aromatic carbocycles. The molecule has 0 N–H and O–H groups in total. The van der Waals surface area contributed by atoms with Crippen LogP contribution in [0.5, 0.6) is 0 Å². The fourth-order valence-corrected chi connectivity index (χ4v) is 4.44. The molecule has 8 heteroatoms. The number of nitrogens with zero attached hydrogens (tertiary/aromatic N) is 3. The quantitative estimate of drug-likeness (QED) is 0.635. The zero-order chi connectivity index (χ0) is 22.7. The van der Waals surface area contributed by atoms with Crippen molar-refractivity contribution >= 4 is 5.91 Å². The maximum atomic E-state index is 14.0. The monoisotopic (exact) mass is 449 g/mol. The first-order valence-electron chi connectivity index (χ1n) is 11.0. The number of likely N-dealkylation sites (tertiary alicyclic amines) is 1. The Balaban J connectivity index is 1.47. The molecule has 0 unspecified atom stereocenters. The van der Waals surface area contributed by atoms with Gasteiger partial charge in [0.25, 0.3) is 5.91 Å². The molecule has 0 saturated carbocycles. The lowest BCUT2D eigenvalue weighted by Gasteiger charge is -2.35. The summed E-state index contributed by atoms with van der Waals surface area (Å²) in [5.41, 5.74) is -0.162. The first kappa shape index (κ1) is 22.7. The standard InChI is InChI=1S/C24H27F4N3O/c25-20-6-7-21(18-4-3-5-19(16-18)24(26,27)28)22(17-20)23(32)31-14-12-30(13-15-31)11-10-29-8-1-2-9-29/h3-7,16-17H,1-2,8-15H2. The Hall–Kier alpha value is -2.45. The Kier molecular flexibility index (Phi) is 6.81. The second-order valence-electron chi connectivity index (χ2n) is 8.45. The highest BCUT2D eigenvalue weighted by atomic mass is 19.4. The normalized spacial score (nSPS) is 18.3. The van der Waals surface area contributed by atoms with Crippen LogP contribution >= 0.6 is 0 Å².